The van der Waals surface area contributed by atoms with E-state index in [0.29, 0.717) is 17.9 Å². The molecule has 0 bridgehead atoms. The summed E-state index contributed by atoms with van der Waals surface area (Å²) in [4.78, 5) is 0. The minimum atomic E-state index is -0.556. The lowest BCUT2D eigenvalue weighted by Crippen LogP contribution is -1.97. The predicted molar refractivity (Wildman–Crippen MR) is 62.2 cm³/mol. The lowest BCUT2D eigenvalue weighted by atomic mass is 10.1. The van der Waals surface area contributed by atoms with Crippen LogP contribution in [0.4, 0.5) is 0 Å². The molecule has 74 valence electrons. The molecule has 0 saturated carbocycles. The Hall–Kier alpha value is -0.490. The molecule has 0 aliphatic heterocycles. The average molecular weight is 274 g/mol. The van der Waals surface area contributed by atoms with Crippen LogP contribution in [0.5, 0.6) is 0 Å². The van der Waals surface area contributed by atoms with Gasteiger partial charge in [0.1, 0.15) is 0 Å². The SMILES string of the molecule is C#CCCC(O)c1cc(Cl)ccc1Br. The minimum absolute atomic E-state index is 0.551. The smallest absolute Gasteiger partial charge is 0.0810 e. The summed E-state index contributed by atoms with van der Waals surface area (Å²) >= 11 is 9.18. The van der Waals surface area contributed by atoms with Crippen molar-refractivity contribution in [3.8, 4) is 12.3 Å². The summed E-state index contributed by atoms with van der Waals surface area (Å²) in [5, 5.41) is 10.4. The van der Waals surface area contributed by atoms with Gasteiger partial charge in [0.05, 0.1) is 6.10 Å². The monoisotopic (exact) mass is 272 g/mol. The van der Waals surface area contributed by atoms with Crippen LogP contribution < -0.4 is 0 Å². The second-order valence-corrected chi connectivity index (χ2v) is 4.22. The summed E-state index contributed by atoms with van der Waals surface area (Å²) in [6.45, 7) is 0. The van der Waals surface area contributed by atoms with Crippen LogP contribution in [0.25, 0.3) is 0 Å². The molecule has 1 N–H and O–H groups in total. The van der Waals surface area contributed by atoms with E-state index in [2.05, 4.69) is 21.9 Å². The standard InChI is InChI=1S/C11H10BrClO/c1-2-3-4-11(14)9-7-8(13)5-6-10(9)12/h1,5-7,11,14H,3-4H2. The third-order valence-corrected chi connectivity index (χ3v) is 2.84. The zero-order valence-electron chi connectivity index (χ0n) is 7.50. The van der Waals surface area contributed by atoms with Crippen molar-refractivity contribution in [1.29, 1.82) is 0 Å². The third-order valence-electron chi connectivity index (χ3n) is 1.88. The first-order valence-corrected chi connectivity index (χ1v) is 5.38. The van der Waals surface area contributed by atoms with Crippen LogP contribution in [0.15, 0.2) is 22.7 Å². The number of aliphatic hydroxyl groups excluding tert-OH is 1. The van der Waals surface area contributed by atoms with Crippen LogP contribution in [-0.2, 0) is 0 Å². The molecule has 0 aliphatic rings. The number of aliphatic hydroxyl groups is 1. The Bertz CT molecular complexity index is 357. The number of hydrogen-bond donors (Lipinski definition) is 1. The van der Waals surface area contributed by atoms with Gasteiger partial charge < -0.3 is 5.11 Å². The van der Waals surface area contributed by atoms with Crippen LogP contribution in [0.3, 0.4) is 0 Å². The molecule has 0 aliphatic carbocycles. The molecule has 14 heavy (non-hydrogen) atoms. The van der Waals surface area contributed by atoms with Gasteiger partial charge in [-0.3, -0.25) is 0 Å². The highest BCUT2D eigenvalue weighted by atomic mass is 79.9. The first-order chi connectivity index (χ1) is 6.65. The van der Waals surface area contributed by atoms with E-state index in [4.69, 9.17) is 18.0 Å². The van der Waals surface area contributed by atoms with Crippen LogP contribution >= 0.6 is 27.5 Å². The Labute approximate surface area is 97.2 Å². The van der Waals surface area contributed by atoms with Crippen LogP contribution in [0.1, 0.15) is 24.5 Å². The van der Waals surface area contributed by atoms with Gasteiger partial charge in [0.2, 0.25) is 0 Å². The number of benzene rings is 1. The maximum atomic E-state index is 9.77. The molecule has 0 heterocycles. The van der Waals surface area contributed by atoms with Crippen molar-refractivity contribution in [2.75, 3.05) is 0 Å². The summed E-state index contributed by atoms with van der Waals surface area (Å²) in [7, 11) is 0. The first-order valence-electron chi connectivity index (χ1n) is 4.21. The normalized spacial score (nSPS) is 12.1. The number of rotatable bonds is 3. The first kappa shape index (κ1) is 11.6. The molecule has 0 spiro atoms. The lowest BCUT2D eigenvalue weighted by molar-refractivity contribution is 0.168. The molecule has 1 nitrogen and oxygen atoms in total. The molecule has 0 fully saturated rings. The average Bonchev–Trinajstić information content (AvgIpc) is 2.18. The van der Waals surface area contributed by atoms with Gasteiger partial charge in [0.15, 0.2) is 0 Å². The van der Waals surface area contributed by atoms with Gasteiger partial charge in [-0.1, -0.05) is 27.5 Å². The minimum Gasteiger partial charge on any atom is -0.388 e. The van der Waals surface area contributed by atoms with E-state index in [1.54, 1.807) is 12.1 Å². The van der Waals surface area contributed by atoms with Crippen molar-refractivity contribution >= 4 is 27.5 Å². The van der Waals surface area contributed by atoms with E-state index < -0.39 is 6.10 Å². The van der Waals surface area contributed by atoms with E-state index in [1.165, 1.54) is 0 Å². The van der Waals surface area contributed by atoms with Crippen molar-refractivity contribution in [2.24, 2.45) is 0 Å². The molecule has 1 unspecified atom stereocenters. The Morgan fingerprint density at radius 1 is 1.57 bits per heavy atom. The molecule has 1 rings (SSSR count). The largest absolute Gasteiger partial charge is 0.388 e. The van der Waals surface area contributed by atoms with Gasteiger partial charge in [-0.15, -0.1) is 12.3 Å². The highest BCUT2D eigenvalue weighted by molar-refractivity contribution is 9.10. The molecular formula is C11H10BrClO. The zero-order chi connectivity index (χ0) is 10.6. The number of hydrogen-bond acceptors (Lipinski definition) is 1. The van der Waals surface area contributed by atoms with Crippen LogP contribution in [0, 0.1) is 12.3 Å². The highest BCUT2D eigenvalue weighted by Crippen LogP contribution is 2.28. The Morgan fingerprint density at radius 3 is 2.93 bits per heavy atom. The highest BCUT2D eigenvalue weighted by Gasteiger charge is 2.10. The second-order valence-electron chi connectivity index (χ2n) is 2.92. The van der Waals surface area contributed by atoms with E-state index in [0.717, 1.165) is 10.0 Å². The van der Waals surface area contributed by atoms with Gasteiger partial charge >= 0.3 is 0 Å². The maximum Gasteiger partial charge on any atom is 0.0810 e. The fraction of sp³-hybridized carbons (Fsp3) is 0.273. The van der Waals surface area contributed by atoms with Gasteiger partial charge in [0.25, 0.3) is 0 Å². The van der Waals surface area contributed by atoms with E-state index in [9.17, 15) is 5.11 Å². The molecule has 1 aromatic rings. The van der Waals surface area contributed by atoms with Gasteiger partial charge in [-0.25, -0.2) is 0 Å². The molecule has 3 heteroatoms. The van der Waals surface area contributed by atoms with Gasteiger partial charge in [-0.05, 0) is 30.2 Å². The van der Waals surface area contributed by atoms with E-state index in [1.807, 2.05) is 6.07 Å². The maximum absolute atomic E-state index is 9.77. The Kier molecular flexibility index (Phi) is 4.47. The second kappa shape index (κ2) is 5.41. The van der Waals surface area contributed by atoms with Crippen molar-refractivity contribution in [1.82, 2.24) is 0 Å². The summed E-state index contributed by atoms with van der Waals surface area (Å²) in [5.74, 6) is 2.49. The molecule has 1 aromatic carbocycles. The summed E-state index contributed by atoms with van der Waals surface area (Å²) in [6, 6.07) is 5.33. The fourth-order valence-corrected chi connectivity index (χ4v) is 1.84. The van der Waals surface area contributed by atoms with E-state index >= 15 is 0 Å². The van der Waals surface area contributed by atoms with Crippen molar-refractivity contribution in [3.63, 3.8) is 0 Å². The van der Waals surface area contributed by atoms with Crippen molar-refractivity contribution < 1.29 is 5.11 Å². The molecular weight excluding hydrogens is 263 g/mol. The topological polar surface area (TPSA) is 20.2 Å². The fourth-order valence-electron chi connectivity index (χ4n) is 1.15. The van der Waals surface area contributed by atoms with Crippen molar-refractivity contribution in [2.45, 2.75) is 18.9 Å². The van der Waals surface area contributed by atoms with E-state index in [-0.39, 0.29) is 0 Å². The molecule has 1 atom stereocenters. The molecule has 0 aromatic heterocycles. The van der Waals surface area contributed by atoms with Crippen LogP contribution in [-0.4, -0.2) is 5.11 Å². The Morgan fingerprint density at radius 2 is 2.29 bits per heavy atom. The van der Waals surface area contributed by atoms with Gasteiger partial charge in [-0.2, -0.15) is 0 Å². The Balaban J connectivity index is 2.83. The molecule has 0 radical (unpaired) electrons. The summed E-state index contributed by atoms with van der Waals surface area (Å²) < 4.78 is 0.853. The molecule has 0 amide bonds. The number of terminal acetylenes is 1. The van der Waals surface area contributed by atoms with Crippen molar-refractivity contribution in [3.05, 3.63) is 33.3 Å². The summed E-state index contributed by atoms with van der Waals surface area (Å²) in [6.07, 6.45) is 5.67. The van der Waals surface area contributed by atoms with Crippen LogP contribution in [0.2, 0.25) is 5.02 Å². The number of halogens is 2. The lowest BCUT2D eigenvalue weighted by Gasteiger charge is -2.11. The third kappa shape index (κ3) is 3.02. The predicted octanol–water partition coefficient (Wildman–Crippen LogP) is 3.55. The summed E-state index contributed by atoms with van der Waals surface area (Å²) in [5.41, 5.74) is 0.785. The quantitative estimate of drug-likeness (QED) is 0.835. The zero-order valence-corrected chi connectivity index (χ0v) is 9.85. The molecule has 0 saturated heterocycles. The van der Waals surface area contributed by atoms with Gasteiger partial charge in [0, 0.05) is 15.9 Å².